The Balaban J connectivity index is 0.000000191. The summed E-state index contributed by atoms with van der Waals surface area (Å²) in [7, 11) is -8.46. The number of halogens is 18. The highest BCUT2D eigenvalue weighted by Crippen LogP contribution is 2.41. The van der Waals surface area contributed by atoms with Crippen molar-refractivity contribution in [2.75, 3.05) is 12.5 Å². The third-order valence-corrected chi connectivity index (χ3v) is 23.9. The van der Waals surface area contributed by atoms with E-state index in [1.54, 1.807) is 54.9 Å². The van der Waals surface area contributed by atoms with Crippen LogP contribution in [0.5, 0.6) is 0 Å². The van der Waals surface area contributed by atoms with Gasteiger partial charge in [-0.2, -0.15) is 54.8 Å². The standard InChI is InChI=1S/C31H28F5N3O3S.C24H21BrF5N3O.C13H11BrF2N2.C10H11F3N2O2.C7H9BO4S.ClH/c1-43(41,42)25-7-4-6-20(16-25)26-9-5-11-37-29(26)21(12-19-13-22(32)17-23(33)14-19)15-24(40)18-39-28-10-3-2-8-27(28)30(38-39)31(34,35)36;25-20-5-3-7-31-22(20)15(8-14-9-16(26)12-17(27)10-14)11-18(34)13-33-21-6-2-1-4-19(21)23(32-33)24(28,29)30;14-11-2-1-3-18-13(11)12(17)6-8-4-9(15)7-10(16)5-8;11-10(12,13)9-6-3-1-2-4-7(6)15(14-9)5-8(16)17;1-13(11,12)7-4-2-3-6(5-7)8(9)10;/h4-7,9,11,13-14,16-17,21H,2-3,8,10,12,15,18H2,1H3;3,5,7,9-10,12,15H,1-2,4,6,8,11,13H2;1-5,7,12H,6,17H2;1-5H2,(H,16,17);2-5,9-10H,1H3;1H/t21-;15-;12-;;;/m110.../s1. The number of alkyl halides is 9. The number of carboxylic acids is 1. The number of rotatable bonds is 23. The van der Waals surface area contributed by atoms with Gasteiger partial charge >= 0.3 is 31.6 Å². The molecule has 5 aromatic carbocycles. The Labute approximate surface area is 737 Å². The zero-order valence-corrected chi connectivity index (χ0v) is 72.5. The van der Waals surface area contributed by atoms with Crippen molar-refractivity contribution >= 4 is 94.1 Å². The Morgan fingerprint density at radius 3 is 1.17 bits per heavy atom. The number of carboxylic acid groups (broad SMARTS) is 1. The van der Waals surface area contributed by atoms with E-state index in [1.807, 2.05) is 6.07 Å². The molecule has 3 aliphatic rings. The first-order valence-electron chi connectivity index (χ1n) is 38.7. The van der Waals surface area contributed by atoms with Crippen molar-refractivity contribution in [3.63, 3.8) is 0 Å². The normalized spacial score (nSPS) is 13.9. The summed E-state index contributed by atoms with van der Waals surface area (Å²) in [6.45, 7) is -1.23. The van der Waals surface area contributed by atoms with Gasteiger partial charge in [0.15, 0.2) is 48.3 Å². The SMILES string of the molecule is CS(=O)(=O)c1cccc(-c2cccnc2[C@@H](CC(=O)Cn2nc(C(F)(F)F)c3c2CCCC3)Cc2cc(F)cc(F)c2)c1.CS(=O)(=O)c1cccc(B(O)O)c1.Cl.N[C@@H](Cc1cc(F)cc(F)c1)c1ncccc1Br.O=C(C[C@@H](Cc1cc(F)cc(F)c1)c1ncccc1Br)Cn1nc(C(F)(F)F)c2c1CCCC2.O=C(O)Cn1nc(C(F)(F)F)c2c1CCCC2. The lowest BCUT2D eigenvalue weighted by Crippen LogP contribution is -2.30. The molecule has 5 N–H and O–H groups in total. The summed E-state index contributed by atoms with van der Waals surface area (Å²) in [6, 6.07) is 31.3. The lowest BCUT2D eigenvalue weighted by atomic mass is 9.80. The minimum atomic E-state index is -4.65. The van der Waals surface area contributed by atoms with Gasteiger partial charge < -0.3 is 20.9 Å². The van der Waals surface area contributed by atoms with E-state index in [2.05, 4.69) is 62.1 Å². The van der Waals surface area contributed by atoms with Crippen LogP contribution in [0.1, 0.15) is 154 Å². The molecule has 0 saturated carbocycles. The monoisotopic (exact) mass is 1950 g/mol. The van der Waals surface area contributed by atoms with Gasteiger partial charge in [0.2, 0.25) is 0 Å². The smallest absolute Gasteiger partial charge is 0.480 e. The molecule has 0 radical (unpaired) electrons. The van der Waals surface area contributed by atoms with E-state index in [-0.39, 0.29) is 101 Å². The number of nitrogens with two attached hydrogens (primary N) is 1. The van der Waals surface area contributed by atoms with Crippen LogP contribution in [-0.2, 0) is 130 Å². The molecule has 6 heterocycles. The number of aromatic nitrogens is 9. The lowest BCUT2D eigenvalue weighted by molar-refractivity contribution is -0.143. The van der Waals surface area contributed by atoms with Gasteiger partial charge in [-0.3, -0.25) is 43.4 Å². The maximum atomic E-state index is 14.1. The maximum absolute atomic E-state index is 14.1. The van der Waals surface area contributed by atoms with Gasteiger partial charge in [0.1, 0.15) is 41.4 Å². The van der Waals surface area contributed by atoms with E-state index in [0.29, 0.717) is 119 Å². The zero-order chi connectivity index (χ0) is 91.2. The van der Waals surface area contributed by atoms with E-state index < -0.39 is 140 Å². The number of benzene rings is 5. The van der Waals surface area contributed by atoms with Crippen molar-refractivity contribution < 1.29 is 112 Å². The molecule has 672 valence electrons. The van der Waals surface area contributed by atoms with Crippen molar-refractivity contribution in [3.05, 3.63) is 287 Å². The molecular formula is C85H81BBr2ClF15N10O10S2. The first kappa shape index (κ1) is 99.8. The molecule has 6 aromatic heterocycles. The second kappa shape index (κ2) is 43.2. The van der Waals surface area contributed by atoms with E-state index in [9.17, 15) is 97.1 Å². The second-order valence-corrected chi connectivity index (χ2v) is 35.7. The fraction of sp³-hybridized carbons (Fsp3) is 0.329. The van der Waals surface area contributed by atoms with Crippen molar-refractivity contribution in [1.29, 1.82) is 0 Å². The number of pyridine rings is 3. The highest BCUT2D eigenvalue weighted by atomic mass is 79.9. The minimum absolute atomic E-state index is 0. The summed E-state index contributed by atoms with van der Waals surface area (Å²) in [5.74, 6) is -7.53. The number of carbonyl (C=O) groups is 3. The largest absolute Gasteiger partial charge is 0.488 e. The molecule has 20 nitrogen and oxygen atoms in total. The average Bonchev–Trinajstić information content (AvgIpc) is 1.62. The average molecular weight is 1960 g/mol. The molecule has 11 aromatic rings. The van der Waals surface area contributed by atoms with E-state index >= 15 is 0 Å². The third-order valence-electron chi connectivity index (χ3n) is 20.3. The third kappa shape index (κ3) is 27.5. The van der Waals surface area contributed by atoms with Crippen LogP contribution < -0.4 is 11.2 Å². The summed E-state index contributed by atoms with van der Waals surface area (Å²) in [6.07, 6.45) is -0.554. The molecule has 0 aliphatic heterocycles. The zero-order valence-electron chi connectivity index (χ0n) is 66.9. The number of hydrogen-bond donors (Lipinski definition) is 4. The van der Waals surface area contributed by atoms with Crippen LogP contribution in [0.4, 0.5) is 65.9 Å². The van der Waals surface area contributed by atoms with Gasteiger partial charge in [-0.25, -0.2) is 43.2 Å². The fourth-order valence-corrected chi connectivity index (χ4v) is 17.5. The predicted molar refractivity (Wildman–Crippen MR) is 444 cm³/mol. The Morgan fingerprint density at radius 1 is 0.452 bits per heavy atom. The van der Waals surface area contributed by atoms with Crippen LogP contribution in [0.15, 0.2) is 177 Å². The number of fused-ring (bicyclic) bond motifs is 3. The van der Waals surface area contributed by atoms with Crippen LogP contribution in [0.2, 0.25) is 0 Å². The molecule has 0 fully saturated rings. The van der Waals surface area contributed by atoms with E-state index in [4.69, 9.17) is 20.9 Å². The summed E-state index contributed by atoms with van der Waals surface area (Å²) < 4.78 is 253. The number of carbonyl (C=O) groups excluding carboxylic acids is 2. The fourth-order valence-electron chi connectivity index (χ4n) is 15.0. The van der Waals surface area contributed by atoms with Crippen LogP contribution in [0.3, 0.4) is 0 Å². The van der Waals surface area contributed by atoms with Crippen LogP contribution in [-0.4, -0.2) is 113 Å². The lowest BCUT2D eigenvalue weighted by Gasteiger charge is -2.20. The Kier molecular flexibility index (Phi) is 34.2. The topological polar surface area (TPSA) is 298 Å². The van der Waals surface area contributed by atoms with Gasteiger partial charge in [-0.1, -0.05) is 30.3 Å². The number of aliphatic carboxylic acids is 1. The molecular weight excluding hydrogens is 1880 g/mol. The first-order chi connectivity index (χ1) is 58.8. The quantitative estimate of drug-likeness (QED) is 0.0342. The summed E-state index contributed by atoms with van der Waals surface area (Å²) in [4.78, 5) is 50.3. The Morgan fingerprint density at radius 2 is 0.794 bits per heavy atom. The molecule has 0 saturated heterocycles. The highest BCUT2D eigenvalue weighted by Gasteiger charge is 2.43. The van der Waals surface area contributed by atoms with Crippen molar-refractivity contribution in [1.82, 2.24) is 44.3 Å². The molecule has 3 aliphatic carbocycles. The van der Waals surface area contributed by atoms with Crippen molar-refractivity contribution in [2.24, 2.45) is 5.73 Å². The summed E-state index contributed by atoms with van der Waals surface area (Å²) >= 11 is 6.75. The van der Waals surface area contributed by atoms with Gasteiger partial charge in [-0.05, 0) is 247 Å². The van der Waals surface area contributed by atoms with Crippen molar-refractivity contribution in [2.45, 2.75) is 175 Å². The Hall–Kier alpha value is -9.97. The van der Waals surface area contributed by atoms with E-state index in [0.717, 1.165) is 69.5 Å². The number of Topliss-reactive ketones (excluding diaryl/α,β-unsaturated/α-hetero) is 2. The van der Waals surface area contributed by atoms with Crippen LogP contribution >= 0.6 is 44.3 Å². The molecule has 0 unspecified atom stereocenters. The summed E-state index contributed by atoms with van der Waals surface area (Å²) in [5.41, 5.74) is 8.79. The van der Waals surface area contributed by atoms with Gasteiger partial charge in [0, 0.05) is 122 Å². The van der Waals surface area contributed by atoms with Gasteiger partial charge in [0.05, 0.1) is 46.0 Å². The minimum Gasteiger partial charge on any atom is -0.480 e. The first-order valence-corrected chi connectivity index (χ1v) is 44.1. The number of nitrogens with zero attached hydrogens (tertiary/aromatic N) is 9. The molecule has 0 amide bonds. The van der Waals surface area contributed by atoms with E-state index in [1.165, 1.54) is 71.5 Å². The molecule has 14 rings (SSSR count). The van der Waals surface area contributed by atoms with Gasteiger partial charge in [0.25, 0.3) is 0 Å². The second-order valence-electron chi connectivity index (χ2n) is 29.9. The molecule has 41 heteroatoms. The maximum Gasteiger partial charge on any atom is 0.488 e. The number of hydrogen-bond acceptors (Lipinski definition) is 16. The highest BCUT2D eigenvalue weighted by molar-refractivity contribution is 9.10. The van der Waals surface area contributed by atoms with Crippen LogP contribution in [0, 0.1) is 34.9 Å². The summed E-state index contributed by atoms with van der Waals surface area (Å²) in [5, 5.41) is 37.1. The predicted octanol–water partition coefficient (Wildman–Crippen LogP) is 17.1. The van der Waals surface area contributed by atoms with Crippen LogP contribution in [0.25, 0.3) is 11.1 Å². The molecule has 3 atom stereocenters. The molecule has 0 bridgehead atoms. The molecule has 126 heavy (non-hydrogen) atoms. The van der Waals surface area contributed by atoms with Crippen molar-refractivity contribution in [3.8, 4) is 11.1 Å². The number of sulfone groups is 2. The Bertz CT molecular complexity index is 5910. The van der Waals surface area contributed by atoms with Gasteiger partial charge in [-0.15, -0.1) is 12.4 Å². The number of ketones is 2. The molecule has 0 spiro atoms.